The Morgan fingerprint density at radius 1 is 0.360 bits per heavy atom. The molecule has 29 nitrogen and oxygen atoms in total. The molecule has 4 fully saturated rings. The highest BCUT2D eigenvalue weighted by Crippen LogP contribution is 2.46. The molecule has 722 valence electrons. The maximum atomic E-state index is 13.2. The fourth-order valence-corrected chi connectivity index (χ4v) is 26.2. The van der Waals surface area contributed by atoms with E-state index in [1.54, 1.807) is 203 Å². The standard InChI is InChI=1S/C26H27N3O5S2.C26H27N3O4S2.2C25H25N3O4S2/c1-14-23(26(31)28(2)3)16-7-6-15(10-21(16)35-14)34-18-8-9-27-17-11-22(36-24(17)18)25(30)29-12-19(32-4)20(13-29)33-5;1-15-23(26(31)28(2)3)18-8-7-17(12-21(18)34-15)33-20-9-10-27-19-13-22(35-24(19)20)25(30)29-11-5-6-16(29)14-32-4;1-14-22(25(30)27(2)3)17-6-5-15(11-20(17)33-14)32-19-7-9-26-18-12-21(34-23(18)19)24(29)28-10-8-16(13-28)31-4;1-14-22(25(31)27(2)3)17-7-6-16(11-20(17)33-14)32-19-8-9-26-18-12-21(34-23(18)19)24(30)28-10-4-5-15(28)13-29/h6-11,19-20H,12-13H2,1-5H3;7-10,12-13,16H,5-6,11,14H2,1-4H3;5-7,9,11-12,16H,8,10,13H2,1-4H3;6-9,11-12,15,29H,4-5,10,13H2,1-3H3/t19-,20+;2*16-;15-/m.000/s1. The van der Waals surface area contributed by atoms with Crippen molar-refractivity contribution in [2.45, 2.75) is 90.2 Å². The molecular weight excluding hydrogens is 1920 g/mol. The van der Waals surface area contributed by atoms with Crippen molar-refractivity contribution in [1.29, 1.82) is 0 Å². The number of carbonyl (C=O) groups is 8. The molecule has 1 N–H and O–H groups in total. The van der Waals surface area contributed by atoms with Crippen LogP contribution in [0.1, 0.15) is 132 Å². The quantitative estimate of drug-likeness (QED) is 0.0659. The third-order valence-electron chi connectivity index (χ3n) is 24.8. The number of carbonyl (C=O) groups excluding carboxylic acids is 8. The van der Waals surface area contributed by atoms with Crippen molar-refractivity contribution in [2.24, 2.45) is 0 Å². The van der Waals surface area contributed by atoms with Crippen molar-refractivity contribution in [1.82, 2.24) is 59.1 Å². The van der Waals surface area contributed by atoms with Gasteiger partial charge in [0.05, 0.1) is 114 Å². The van der Waals surface area contributed by atoms with E-state index in [0.29, 0.717) is 116 Å². The number of hydrogen-bond donors (Lipinski definition) is 1. The lowest BCUT2D eigenvalue weighted by Crippen LogP contribution is -2.37. The van der Waals surface area contributed by atoms with E-state index in [9.17, 15) is 43.5 Å². The van der Waals surface area contributed by atoms with Crippen LogP contribution in [-0.4, -0.2) is 279 Å². The van der Waals surface area contributed by atoms with Gasteiger partial charge in [-0.2, -0.15) is 0 Å². The van der Waals surface area contributed by atoms with Gasteiger partial charge < -0.3 is 82.2 Å². The number of ether oxygens (including phenoxy) is 8. The van der Waals surface area contributed by atoms with Crippen LogP contribution < -0.4 is 18.9 Å². The molecule has 0 saturated carbocycles. The predicted octanol–water partition coefficient (Wildman–Crippen LogP) is 20.4. The fraction of sp³-hybridized carbons (Fsp3) is 0.333. The first-order valence-electron chi connectivity index (χ1n) is 45.0. The highest BCUT2D eigenvalue weighted by atomic mass is 32.1. The van der Waals surface area contributed by atoms with E-state index in [1.807, 2.05) is 141 Å². The van der Waals surface area contributed by atoms with Gasteiger partial charge in [-0.3, -0.25) is 58.3 Å². The molecule has 16 aromatic rings. The zero-order valence-electron chi connectivity index (χ0n) is 79.5. The first-order valence-corrected chi connectivity index (χ1v) is 51.6. The molecule has 16 heterocycles. The Labute approximate surface area is 834 Å². The second kappa shape index (κ2) is 42.1. The number of methoxy groups -OCH3 is 4. The summed E-state index contributed by atoms with van der Waals surface area (Å²) < 4.78 is 53.9. The van der Waals surface area contributed by atoms with Crippen molar-refractivity contribution < 1.29 is 81.4 Å². The first-order chi connectivity index (χ1) is 66.9. The summed E-state index contributed by atoms with van der Waals surface area (Å²) in [5, 5.41) is 13.3. The molecule has 139 heavy (non-hydrogen) atoms. The summed E-state index contributed by atoms with van der Waals surface area (Å²) >= 11 is 11.8. The molecule has 0 aliphatic carbocycles. The molecule has 12 aromatic heterocycles. The topological polar surface area (TPSA) is 308 Å². The molecule has 0 radical (unpaired) electrons. The third kappa shape index (κ3) is 20.4. The van der Waals surface area contributed by atoms with Crippen molar-refractivity contribution in [3.05, 3.63) is 207 Å². The molecule has 4 aliphatic heterocycles. The molecule has 37 heteroatoms. The Kier molecular flexibility index (Phi) is 29.9. The maximum absolute atomic E-state index is 13.2. The molecule has 0 unspecified atom stereocenters. The summed E-state index contributed by atoms with van der Waals surface area (Å²) in [6, 6.07) is 37.6. The Hall–Kier alpha value is -12.1. The minimum absolute atomic E-state index is 0.000201. The molecule has 20 rings (SSSR count). The summed E-state index contributed by atoms with van der Waals surface area (Å²) in [4.78, 5) is 141. The lowest BCUT2D eigenvalue weighted by atomic mass is 10.1. The molecule has 4 saturated heterocycles. The molecule has 5 atom stereocenters. The first kappa shape index (κ1) is 98.5. The van der Waals surface area contributed by atoms with Gasteiger partial charge in [-0.15, -0.1) is 90.7 Å². The van der Waals surface area contributed by atoms with Gasteiger partial charge >= 0.3 is 0 Å². The zero-order chi connectivity index (χ0) is 98.2. The Morgan fingerprint density at radius 3 is 0.950 bits per heavy atom. The van der Waals surface area contributed by atoms with Crippen LogP contribution in [0.3, 0.4) is 0 Å². The lowest BCUT2D eigenvalue weighted by molar-refractivity contribution is -0.00461. The van der Waals surface area contributed by atoms with Gasteiger partial charge in [0.25, 0.3) is 47.3 Å². The van der Waals surface area contributed by atoms with Crippen LogP contribution in [-0.2, 0) is 18.9 Å². The van der Waals surface area contributed by atoms with Gasteiger partial charge in [-0.05, 0) is 157 Å². The van der Waals surface area contributed by atoms with E-state index in [1.165, 1.54) is 45.3 Å². The number of aryl methyl sites for hydroxylation is 4. The van der Waals surface area contributed by atoms with Crippen molar-refractivity contribution >= 4 is 219 Å². The average Bonchev–Trinajstić information content (AvgIpc) is 1.61. The highest BCUT2D eigenvalue weighted by molar-refractivity contribution is 7.23. The van der Waals surface area contributed by atoms with Crippen molar-refractivity contribution in [3.8, 4) is 46.0 Å². The minimum atomic E-state index is -0.144. The fourth-order valence-electron chi connectivity index (χ4n) is 17.7. The van der Waals surface area contributed by atoms with E-state index in [2.05, 4.69) is 19.9 Å². The number of hydrogen-bond acceptors (Lipinski definition) is 29. The zero-order valence-corrected chi connectivity index (χ0v) is 86.1. The van der Waals surface area contributed by atoms with Crippen LogP contribution in [0.4, 0.5) is 0 Å². The average molecular weight is 2030 g/mol. The Balaban J connectivity index is 0.000000128. The largest absolute Gasteiger partial charge is 0.456 e. The number of benzene rings is 4. The van der Waals surface area contributed by atoms with Gasteiger partial charge in [0.15, 0.2) is 0 Å². The summed E-state index contributed by atoms with van der Waals surface area (Å²) in [6.07, 6.45) is 11.1. The summed E-state index contributed by atoms with van der Waals surface area (Å²) in [5.41, 5.74) is 5.83. The second-order valence-corrected chi connectivity index (χ2v) is 44.1. The summed E-state index contributed by atoms with van der Waals surface area (Å²) in [6.45, 7) is 12.1. The van der Waals surface area contributed by atoms with E-state index in [4.69, 9.17) is 37.9 Å². The highest BCUT2D eigenvalue weighted by Gasteiger charge is 2.39. The predicted molar refractivity (Wildman–Crippen MR) is 553 cm³/mol. The minimum Gasteiger partial charge on any atom is -0.456 e. The van der Waals surface area contributed by atoms with Crippen LogP contribution in [0.15, 0.2) is 146 Å². The van der Waals surface area contributed by atoms with Gasteiger partial charge in [0.2, 0.25) is 0 Å². The molecule has 4 aromatic carbocycles. The molecule has 4 aliphatic rings. The number of aromatic nitrogens is 4. The summed E-state index contributed by atoms with van der Waals surface area (Å²) in [7, 11) is 20.7. The molecule has 0 bridgehead atoms. The van der Waals surface area contributed by atoms with Crippen molar-refractivity contribution in [3.63, 3.8) is 0 Å². The second-order valence-electron chi connectivity index (χ2n) is 34.9. The number of pyridine rings is 4. The SMILES string of the molecule is COC[C@@H]1CCCN1C(=O)c1cc2nccc(Oc3ccc4c(C(=O)N(C)C)c(C)sc4c3)c2s1.CO[C@H]1CCN(C(=O)c2cc3nccc(Oc4ccc5c(C(=O)N(C)C)c(C)sc5c4)c3s2)C1.CO[C@H]1CN(C(=O)c2cc3nccc(Oc4ccc5c(C(=O)N(C)C)c(C)sc5c4)c3s2)C[C@H]1OC.Cc1sc2cc(Oc3ccnc4cc(C(=O)N5CCC[C@H]5CO)sc34)ccc2c1C(=O)N(C)C. The lowest BCUT2D eigenvalue weighted by Gasteiger charge is -2.23. The maximum Gasteiger partial charge on any atom is 0.264 e. The van der Waals surface area contributed by atoms with Crippen molar-refractivity contribution in [2.75, 3.05) is 137 Å². The molecule has 0 spiro atoms. The summed E-state index contributed by atoms with van der Waals surface area (Å²) in [5.74, 6) is 5.11. The molecular formula is C102H104N12O17S8. The van der Waals surface area contributed by atoms with E-state index >= 15 is 0 Å². The van der Waals surface area contributed by atoms with E-state index < -0.39 is 0 Å². The number of fused-ring (bicyclic) bond motifs is 8. The number of rotatable bonds is 22. The van der Waals surface area contributed by atoms with Crippen LogP contribution in [0, 0.1) is 27.7 Å². The van der Waals surface area contributed by atoms with Gasteiger partial charge in [0, 0.05) is 233 Å². The van der Waals surface area contributed by atoms with Crippen LogP contribution in [0.5, 0.6) is 46.0 Å². The van der Waals surface area contributed by atoms with Gasteiger partial charge in [-0.1, -0.05) is 0 Å². The van der Waals surface area contributed by atoms with Crippen LogP contribution in [0.2, 0.25) is 0 Å². The van der Waals surface area contributed by atoms with E-state index in [0.717, 1.165) is 151 Å². The Morgan fingerprint density at radius 2 is 0.662 bits per heavy atom. The number of aliphatic hydroxyl groups excluding tert-OH is 1. The monoisotopic (exact) mass is 2020 g/mol. The smallest absolute Gasteiger partial charge is 0.264 e. The van der Waals surface area contributed by atoms with Crippen LogP contribution >= 0.6 is 90.7 Å². The number of aliphatic hydroxyl groups is 1. The van der Waals surface area contributed by atoms with Crippen LogP contribution in [0.25, 0.3) is 81.2 Å². The van der Waals surface area contributed by atoms with Gasteiger partial charge in [-0.25, -0.2) is 0 Å². The third-order valence-corrected chi connectivity index (χ3v) is 33.6. The van der Waals surface area contributed by atoms with Gasteiger partial charge in [0.1, 0.15) is 58.2 Å². The number of nitrogens with zero attached hydrogens (tertiary/aromatic N) is 12. The molecule has 8 amide bonds. The number of likely N-dealkylation sites (tertiary alicyclic amines) is 4. The Bertz CT molecular complexity index is 7420. The van der Waals surface area contributed by atoms with E-state index in [-0.39, 0.29) is 84.3 Å². The number of amides is 8. The number of thiophene rings is 8. The normalized spacial score (nSPS) is 16.3.